The van der Waals surface area contributed by atoms with Gasteiger partial charge in [-0.2, -0.15) is 0 Å². The first-order valence-electron chi connectivity index (χ1n) is 7.51. The highest BCUT2D eigenvalue weighted by molar-refractivity contribution is 7.20. The van der Waals surface area contributed by atoms with Crippen LogP contribution in [0.4, 0.5) is 0 Å². The highest BCUT2D eigenvalue weighted by Gasteiger charge is 2.18. The van der Waals surface area contributed by atoms with Crippen LogP contribution in [0.3, 0.4) is 0 Å². The number of nitrogens with zero attached hydrogens (tertiary/aromatic N) is 3. The van der Waals surface area contributed by atoms with Gasteiger partial charge in [-0.05, 0) is 31.9 Å². The van der Waals surface area contributed by atoms with Crippen LogP contribution in [-0.2, 0) is 6.54 Å². The number of hydrogen-bond donors (Lipinski definition) is 1. The summed E-state index contributed by atoms with van der Waals surface area (Å²) in [5.41, 5.74) is 2.75. The van der Waals surface area contributed by atoms with Crippen molar-refractivity contribution in [3.8, 4) is 5.88 Å². The number of thiophene rings is 1. The molecular formula is C17H18N4O2S. The molecule has 0 radical (unpaired) electrons. The van der Waals surface area contributed by atoms with Gasteiger partial charge >= 0.3 is 0 Å². The minimum atomic E-state index is -0.108. The molecule has 0 bridgehead atoms. The maximum absolute atomic E-state index is 12.5. The van der Waals surface area contributed by atoms with Crippen LogP contribution in [0.5, 0.6) is 5.88 Å². The summed E-state index contributed by atoms with van der Waals surface area (Å²) >= 11 is 1.40. The molecule has 1 amide bonds. The Hall–Kier alpha value is -2.54. The summed E-state index contributed by atoms with van der Waals surface area (Å²) in [6, 6.07) is 3.65. The van der Waals surface area contributed by atoms with E-state index < -0.39 is 0 Å². The molecule has 0 aliphatic rings. The second kappa shape index (κ2) is 6.52. The SMILES string of the molecule is COc1ccc(CNC(=O)c2sc3nc(C)nc(C)c3c2C)cn1. The van der Waals surface area contributed by atoms with Gasteiger partial charge in [0.1, 0.15) is 10.7 Å². The van der Waals surface area contributed by atoms with E-state index in [9.17, 15) is 4.79 Å². The zero-order chi connectivity index (χ0) is 17.3. The Balaban J connectivity index is 1.80. The molecule has 0 saturated carbocycles. The number of aromatic nitrogens is 3. The Bertz CT molecular complexity index is 903. The maximum atomic E-state index is 12.5. The minimum absolute atomic E-state index is 0.108. The first-order chi connectivity index (χ1) is 11.5. The summed E-state index contributed by atoms with van der Waals surface area (Å²) < 4.78 is 5.02. The fraction of sp³-hybridized carbons (Fsp3) is 0.294. The van der Waals surface area contributed by atoms with Crippen LogP contribution in [0, 0.1) is 20.8 Å². The largest absolute Gasteiger partial charge is 0.481 e. The Kier molecular flexibility index (Phi) is 4.44. The smallest absolute Gasteiger partial charge is 0.261 e. The summed E-state index contributed by atoms with van der Waals surface area (Å²) in [4.78, 5) is 27.0. The number of methoxy groups -OCH3 is 1. The van der Waals surface area contributed by atoms with Crippen LogP contribution in [0.15, 0.2) is 18.3 Å². The molecule has 6 nitrogen and oxygen atoms in total. The lowest BCUT2D eigenvalue weighted by atomic mass is 10.1. The fourth-order valence-corrected chi connectivity index (χ4v) is 3.78. The summed E-state index contributed by atoms with van der Waals surface area (Å²) in [7, 11) is 1.57. The van der Waals surface area contributed by atoms with Gasteiger partial charge in [-0.1, -0.05) is 6.07 Å². The molecule has 7 heteroatoms. The normalized spacial score (nSPS) is 10.8. The number of carbonyl (C=O) groups excluding carboxylic acids is 1. The molecule has 0 atom stereocenters. The lowest BCUT2D eigenvalue weighted by molar-refractivity contribution is 0.0954. The van der Waals surface area contributed by atoms with Crippen LogP contribution < -0.4 is 10.1 Å². The van der Waals surface area contributed by atoms with Crippen molar-refractivity contribution in [1.29, 1.82) is 0 Å². The highest BCUT2D eigenvalue weighted by atomic mass is 32.1. The third-order valence-corrected chi connectivity index (χ3v) is 4.93. The average Bonchev–Trinajstić information content (AvgIpc) is 2.90. The predicted molar refractivity (Wildman–Crippen MR) is 93.6 cm³/mol. The Morgan fingerprint density at radius 1 is 1.25 bits per heavy atom. The third-order valence-electron chi connectivity index (χ3n) is 3.75. The Morgan fingerprint density at radius 3 is 2.71 bits per heavy atom. The van der Waals surface area contributed by atoms with E-state index in [-0.39, 0.29) is 5.91 Å². The molecular weight excluding hydrogens is 324 g/mol. The zero-order valence-corrected chi connectivity index (χ0v) is 14.8. The third kappa shape index (κ3) is 3.07. The van der Waals surface area contributed by atoms with Gasteiger partial charge in [-0.15, -0.1) is 11.3 Å². The van der Waals surface area contributed by atoms with Crippen molar-refractivity contribution in [3.05, 3.63) is 45.9 Å². The lowest BCUT2D eigenvalue weighted by Gasteiger charge is -2.05. The fourth-order valence-electron chi connectivity index (χ4n) is 2.59. The summed E-state index contributed by atoms with van der Waals surface area (Å²) in [6.45, 7) is 6.15. The van der Waals surface area contributed by atoms with E-state index in [4.69, 9.17) is 4.74 Å². The van der Waals surface area contributed by atoms with Crippen LogP contribution in [0.1, 0.15) is 32.3 Å². The first-order valence-corrected chi connectivity index (χ1v) is 8.32. The van der Waals surface area contributed by atoms with Gasteiger partial charge in [0, 0.05) is 29.9 Å². The number of ether oxygens (including phenoxy) is 1. The summed E-state index contributed by atoms with van der Waals surface area (Å²) in [6.07, 6.45) is 1.69. The molecule has 0 fully saturated rings. The van der Waals surface area contributed by atoms with Crippen molar-refractivity contribution >= 4 is 27.5 Å². The van der Waals surface area contributed by atoms with Crippen LogP contribution in [0.25, 0.3) is 10.2 Å². The van der Waals surface area contributed by atoms with E-state index in [0.29, 0.717) is 17.3 Å². The molecule has 3 heterocycles. The van der Waals surface area contributed by atoms with E-state index in [1.165, 1.54) is 11.3 Å². The predicted octanol–water partition coefficient (Wildman–Crippen LogP) is 2.95. The monoisotopic (exact) mass is 342 g/mol. The van der Waals surface area contributed by atoms with Gasteiger partial charge in [0.15, 0.2) is 0 Å². The van der Waals surface area contributed by atoms with E-state index in [1.54, 1.807) is 19.4 Å². The Morgan fingerprint density at radius 2 is 2.04 bits per heavy atom. The number of amides is 1. The number of carbonyl (C=O) groups is 1. The molecule has 0 spiro atoms. The molecule has 3 rings (SSSR count). The van der Waals surface area contributed by atoms with Crippen LogP contribution in [0.2, 0.25) is 0 Å². The number of pyridine rings is 1. The highest BCUT2D eigenvalue weighted by Crippen LogP contribution is 2.31. The molecule has 0 aromatic carbocycles. The van der Waals surface area contributed by atoms with Crippen molar-refractivity contribution in [2.75, 3.05) is 7.11 Å². The number of nitrogens with one attached hydrogen (secondary N) is 1. The second-order valence-electron chi connectivity index (χ2n) is 5.48. The molecule has 124 valence electrons. The van der Waals surface area contributed by atoms with Crippen molar-refractivity contribution in [2.24, 2.45) is 0 Å². The van der Waals surface area contributed by atoms with E-state index in [0.717, 1.165) is 32.9 Å². The number of rotatable bonds is 4. The molecule has 24 heavy (non-hydrogen) atoms. The number of aryl methyl sites for hydroxylation is 3. The quantitative estimate of drug-likeness (QED) is 0.789. The van der Waals surface area contributed by atoms with Crippen molar-refractivity contribution in [3.63, 3.8) is 0 Å². The number of fused-ring (bicyclic) bond motifs is 1. The number of hydrogen-bond acceptors (Lipinski definition) is 6. The molecule has 0 aliphatic heterocycles. The van der Waals surface area contributed by atoms with E-state index >= 15 is 0 Å². The Labute approximate surface area is 143 Å². The first kappa shape index (κ1) is 16.3. The van der Waals surface area contributed by atoms with Gasteiger partial charge in [0.05, 0.1) is 12.0 Å². The minimum Gasteiger partial charge on any atom is -0.481 e. The topological polar surface area (TPSA) is 77.0 Å². The molecule has 3 aromatic heterocycles. The van der Waals surface area contributed by atoms with Gasteiger partial charge < -0.3 is 10.1 Å². The van der Waals surface area contributed by atoms with Crippen molar-refractivity contribution < 1.29 is 9.53 Å². The molecule has 0 unspecified atom stereocenters. The second-order valence-corrected chi connectivity index (χ2v) is 6.48. The molecule has 1 N–H and O–H groups in total. The van der Waals surface area contributed by atoms with E-state index in [1.807, 2.05) is 26.8 Å². The van der Waals surface area contributed by atoms with Gasteiger partial charge in [-0.3, -0.25) is 4.79 Å². The van der Waals surface area contributed by atoms with Crippen molar-refractivity contribution in [1.82, 2.24) is 20.3 Å². The summed E-state index contributed by atoms with van der Waals surface area (Å²) in [5.74, 6) is 1.16. The maximum Gasteiger partial charge on any atom is 0.261 e. The zero-order valence-electron chi connectivity index (χ0n) is 14.0. The molecule has 0 saturated heterocycles. The van der Waals surface area contributed by atoms with E-state index in [2.05, 4.69) is 20.3 Å². The van der Waals surface area contributed by atoms with Crippen molar-refractivity contribution in [2.45, 2.75) is 27.3 Å². The molecule has 0 aliphatic carbocycles. The van der Waals surface area contributed by atoms with Gasteiger partial charge in [-0.25, -0.2) is 15.0 Å². The van der Waals surface area contributed by atoms with Gasteiger partial charge in [0.2, 0.25) is 5.88 Å². The molecule has 3 aromatic rings. The van der Waals surface area contributed by atoms with Crippen LogP contribution in [-0.4, -0.2) is 28.0 Å². The average molecular weight is 342 g/mol. The summed E-state index contributed by atoms with van der Waals surface area (Å²) in [5, 5.41) is 3.91. The van der Waals surface area contributed by atoms with Gasteiger partial charge in [0.25, 0.3) is 5.91 Å². The lowest BCUT2D eigenvalue weighted by Crippen LogP contribution is -2.22. The van der Waals surface area contributed by atoms with Crippen LogP contribution >= 0.6 is 11.3 Å². The standard InChI is InChI=1S/C17H18N4O2S/c1-9-14-10(2)20-11(3)21-17(14)24-15(9)16(22)19-8-12-5-6-13(23-4)18-7-12/h5-7H,8H2,1-4H3,(H,19,22).